The summed E-state index contributed by atoms with van der Waals surface area (Å²) in [6, 6.07) is 13.8. The highest BCUT2D eigenvalue weighted by Crippen LogP contribution is 2.13. The first-order valence-corrected chi connectivity index (χ1v) is 6.84. The van der Waals surface area contributed by atoms with Gasteiger partial charge in [-0.2, -0.15) is 0 Å². The minimum atomic E-state index is -0.127. The molecule has 2 aromatic heterocycles. The van der Waals surface area contributed by atoms with E-state index in [2.05, 4.69) is 4.98 Å². The van der Waals surface area contributed by atoms with Crippen LogP contribution < -0.4 is 10.3 Å². The van der Waals surface area contributed by atoms with Crippen molar-refractivity contribution in [2.24, 2.45) is 0 Å². The summed E-state index contributed by atoms with van der Waals surface area (Å²) in [7, 11) is 0. The smallest absolute Gasteiger partial charge is 0.258 e. The topological polar surface area (TPSA) is 60.7 Å². The number of hydrogen-bond donors (Lipinski definition) is 0. The lowest BCUT2D eigenvalue weighted by molar-refractivity contribution is 0.112. The average Bonchev–Trinajstić information content (AvgIpc) is 2.53. The molecular formula is C17H14N2O3. The van der Waals surface area contributed by atoms with Gasteiger partial charge in [-0.25, -0.2) is 4.98 Å². The molecule has 22 heavy (non-hydrogen) atoms. The molecule has 0 atom stereocenters. The highest BCUT2D eigenvalue weighted by molar-refractivity contribution is 5.74. The van der Waals surface area contributed by atoms with Gasteiger partial charge in [-0.1, -0.05) is 6.07 Å². The number of fused-ring (bicyclic) bond motifs is 1. The number of aromatic nitrogens is 2. The first-order valence-electron chi connectivity index (χ1n) is 6.84. The molecule has 0 saturated carbocycles. The lowest BCUT2D eigenvalue weighted by Crippen LogP contribution is -2.18. The van der Waals surface area contributed by atoms with Crippen molar-refractivity contribution in [2.45, 2.75) is 13.5 Å². The minimum absolute atomic E-state index is 0.127. The highest BCUT2D eigenvalue weighted by atomic mass is 16.5. The number of carbonyl (C=O) groups is 1. The molecule has 0 bridgehead atoms. The van der Waals surface area contributed by atoms with Crippen LogP contribution in [0.3, 0.4) is 0 Å². The second kappa shape index (κ2) is 5.81. The summed E-state index contributed by atoms with van der Waals surface area (Å²) >= 11 is 0. The van der Waals surface area contributed by atoms with Crippen molar-refractivity contribution in [3.8, 4) is 5.75 Å². The summed E-state index contributed by atoms with van der Waals surface area (Å²) in [5.74, 6) is 0.622. The molecule has 0 radical (unpaired) electrons. The van der Waals surface area contributed by atoms with Gasteiger partial charge in [0, 0.05) is 17.3 Å². The molecule has 3 aromatic rings. The molecule has 110 valence electrons. The number of benzene rings is 1. The fourth-order valence-electron chi connectivity index (χ4n) is 2.24. The Morgan fingerprint density at radius 3 is 2.68 bits per heavy atom. The minimum Gasteiger partial charge on any atom is -0.487 e. The first-order chi connectivity index (χ1) is 10.7. The van der Waals surface area contributed by atoms with E-state index in [4.69, 9.17) is 4.74 Å². The third-order valence-corrected chi connectivity index (χ3v) is 3.34. The maximum Gasteiger partial charge on any atom is 0.258 e. The number of pyridine rings is 1. The van der Waals surface area contributed by atoms with E-state index in [1.165, 1.54) is 6.07 Å². The predicted octanol–water partition coefficient (Wildman–Crippen LogP) is 2.39. The van der Waals surface area contributed by atoms with Gasteiger partial charge in [-0.05, 0) is 43.3 Å². The summed E-state index contributed by atoms with van der Waals surface area (Å²) in [5.41, 5.74) is 2.47. The average molecular weight is 294 g/mol. The molecule has 0 spiro atoms. The van der Waals surface area contributed by atoms with Crippen LogP contribution in [0.15, 0.2) is 53.3 Å². The zero-order valence-electron chi connectivity index (χ0n) is 12.0. The van der Waals surface area contributed by atoms with E-state index in [1.807, 2.05) is 19.1 Å². The lowest BCUT2D eigenvalue weighted by Gasteiger charge is -2.08. The second-order valence-electron chi connectivity index (χ2n) is 4.92. The molecule has 5 nitrogen and oxygen atoms in total. The quantitative estimate of drug-likeness (QED) is 0.693. The molecule has 0 amide bonds. The third-order valence-electron chi connectivity index (χ3n) is 3.34. The molecule has 0 saturated heterocycles. The Hall–Kier alpha value is -2.95. The molecule has 3 rings (SSSR count). The maximum absolute atomic E-state index is 12.1. The Labute approximate surface area is 126 Å². The van der Waals surface area contributed by atoms with Crippen molar-refractivity contribution < 1.29 is 9.53 Å². The Kier molecular flexibility index (Phi) is 3.70. The largest absolute Gasteiger partial charge is 0.487 e. The summed E-state index contributed by atoms with van der Waals surface area (Å²) in [6.45, 7) is 2.06. The van der Waals surface area contributed by atoms with Crippen LogP contribution in [0.4, 0.5) is 0 Å². The van der Waals surface area contributed by atoms with Gasteiger partial charge in [-0.3, -0.25) is 14.0 Å². The van der Waals surface area contributed by atoms with Crippen LogP contribution in [0.2, 0.25) is 0 Å². The van der Waals surface area contributed by atoms with E-state index in [-0.39, 0.29) is 12.2 Å². The molecule has 0 N–H and O–H groups in total. The summed E-state index contributed by atoms with van der Waals surface area (Å²) in [5, 5.41) is 0. The molecule has 0 aliphatic rings. The fourth-order valence-corrected chi connectivity index (χ4v) is 2.24. The van der Waals surface area contributed by atoms with Crippen LogP contribution in [-0.2, 0) is 6.61 Å². The number of aldehydes is 1. The van der Waals surface area contributed by atoms with Crippen molar-refractivity contribution >= 4 is 11.9 Å². The lowest BCUT2D eigenvalue weighted by atomic mass is 10.2. The molecule has 0 unspecified atom stereocenters. The zero-order valence-corrected chi connectivity index (χ0v) is 12.0. The number of aryl methyl sites for hydroxylation is 1. The van der Waals surface area contributed by atoms with E-state index < -0.39 is 0 Å². The second-order valence-corrected chi connectivity index (χ2v) is 4.92. The van der Waals surface area contributed by atoms with E-state index in [9.17, 15) is 9.59 Å². The molecule has 2 heterocycles. The maximum atomic E-state index is 12.1. The Bertz CT molecular complexity index is 883. The molecule has 0 aliphatic carbocycles. The van der Waals surface area contributed by atoms with Crippen LogP contribution in [0.5, 0.6) is 5.75 Å². The first kappa shape index (κ1) is 14.0. The van der Waals surface area contributed by atoms with Crippen LogP contribution in [0, 0.1) is 6.92 Å². The number of ether oxygens (including phenoxy) is 1. The van der Waals surface area contributed by atoms with Gasteiger partial charge in [0.05, 0.1) is 5.69 Å². The number of carbonyl (C=O) groups excluding carboxylic acids is 1. The van der Waals surface area contributed by atoms with Crippen molar-refractivity contribution in [3.63, 3.8) is 0 Å². The van der Waals surface area contributed by atoms with Crippen LogP contribution in [0.1, 0.15) is 21.7 Å². The van der Waals surface area contributed by atoms with E-state index >= 15 is 0 Å². The van der Waals surface area contributed by atoms with Gasteiger partial charge >= 0.3 is 0 Å². The van der Waals surface area contributed by atoms with Crippen molar-refractivity contribution in [1.82, 2.24) is 9.38 Å². The summed E-state index contributed by atoms with van der Waals surface area (Å²) < 4.78 is 7.16. The van der Waals surface area contributed by atoms with Crippen LogP contribution in [-0.4, -0.2) is 15.7 Å². The monoisotopic (exact) mass is 294 g/mol. The van der Waals surface area contributed by atoms with Crippen molar-refractivity contribution in [1.29, 1.82) is 0 Å². The zero-order chi connectivity index (χ0) is 15.5. The normalized spacial score (nSPS) is 10.6. The Morgan fingerprint density at radius 1 is 1.18 bits per heavy atom. The summed E-state index contributed by atoms with van der Waals surface area (Å²) in [4.78, 5) is 27.2. The van der Waals surface area contributed by atoms with E-state index in [0.717, 1.165) is 12.0 Å². The number of rotatable bonds is 4. The van der Waals surface area contributed by atoms with Gasteiger partial charge in [0.2, 0.25) is 0 Å². The van der Waals surface area contributed by atoms with Gasteiger partial charge in [0.15, 0.2) is 0 Å². The fraction of sp³-hybridized carbons (Fsp3) is 0.118. The molecule has 1 aromatic carbocycles. The molecular weight excluding hydrogens is 280 g/mol. The Balaban J connectivity index is 1.84. The molecule has 0 aliphatic heterocycles. The highest BCUT2D eigenvalue weighted by Gasteiger charge is 2.05. The van der Waals surface area contributed by atoms with Gasteiger partial charge in [-0.15, -0.1) is 0 Å². The molecule has 0 fully saturated rings. The van der Waals surface area contributed by atoms with Crippen LogP contribution >= 0.6 is 0 Å². The molecule has 5 heteroatoms. The van der Waals surface area contributed by atoms with Gasteiger partial charge in [0.1, 0.15) is 24.3 Å². The third kappa shape index (κ3) is 2.74. The number of nitrogens with zero attached hydrogens (tertiary/aromatic N) is 2. The van der Waals surface area contributed by atoms with E-state index in [1.54, 1.807) is 34.7 Å². The standard InChI is InChI=1S/C17H14N2O3/c1-12-3-2-4-16-18-14(9-17(21)19(12)16)11-22-15-7-5-13(10-20)6-8-15/h2-10H,11H2,1H3. The van der Waals surface area contributed by atoms with Gasteiger partial charge < -0.3 is 4.74 Å². The van der Waals surface area contributed by atoms with Crippen molar-refractivity contribution in [2.75, 3.05) is 0 Å². The Morgan fingerprint density at radius 2 is 1.95 bits per heavy atom. The predicted molar refractivity (Wildman–Crippen MR) is 82.4 cm³/mol. The van der Waals surface area contributed by atoms with Crippen molar-refractivity contribution in [3.05, 3.63) is 75.8 Å². The summed E-state index contributed by atoms with van der Waals surface area (Å²) in [6.07, 6.45) is 0.776. The number of hydrogen-bond acceptors (Lipinski definition) is 4. The SMILES string of the molecule is Cc1cccc2nc(COc3ccc(C=O)cc3)cc(=O)n12. The van der Waals surface area contributed by atoms with Crippen LogP contribution in [0.25, 0.3) is 5.65 Å². The van der Waals surface area contributed by atoms with Gasteiger partial charge in [0.25, 0.3) is 5.56 Å². The van der Waals surface area contributed by atoms with E-state index in [0.29, 0.717) is 22.7 Å².